The van der Waals surface area contributed by atoms with Crippen LogP contribution in [0.2, 0.25) is 0 Å². The largest absolute Gasteiger partial charge is 0.497 e. The lowest BCUT2D eigenvalue weighted by molar-refractivity contribution is 0.187. The van der Waals surface area contributed by atoms with E-state index in [0.717, 1.165) is 24.2 Å². The minimum absolute atomic E-state index is 0.128. The van der Waals surface area contributed by atoms with Crippen LogP contribution in [0.25, 0.3) is 11.4 Å². The summed E-state index contributed by atoms with van der Waals surface area (Å²) in [5.41, 5.74) is 2.09. The fourth-order valence-electron chi connectivity index (χ4n) is 3.42. The van der Waals surface area contributed by atoms with Gasteiger partial charge in [-0.3, -0.25) is 0 Å². The molecule has 0 spiro atoms. The Morgan fingerprint density at radius 1 is 1.17 bits per heavy atom. The van der Waals surface area contributed by atoms with Gasteiger partial charge in [-0.1, -0.05) is 5.16 Å². The van der Waals surface area contributed by atoms with E-state index in [9.17, 15) is 4.79 Å². The molecule has 0 radical (unpaired) electrons. The Balaban J connectivity index is 1.33. The number of aromatic nitrogens is 2. The highest BCUT2D eigenvalue weighted by Crippen LogP contribution is 2.29. The quantitative estimate of drug-likeness (QED) is 0.705. The maximum absolute atomic E-state index is 12.5. The van der Waals surface area contributed by atoms with Gasteiger partial charge in [0.2, 0.25) is 11.7 Å². The van der Waals surface area contributed by atoms with Gasteiger partial charge in [0.25, 0.3) is 0 Å². The number of hydrogen-bond acceptors (Lipinski definition) is 6. The van der Waals surface area contributed by atoms with E-state index in [-0.39, 0.29) is 11.9 Å². The number of amides is 2. The van der Waals surface area contributed by atoms with Gasteiger partial charge in [0, 0.05) is 30.3 Å². The molecule has 2 heterocycles. The number of benzene rings is 2. The van der Waals surface area contributed by atoms with E-state index in [1.165, 1.54) is 0 Å². The van der Waals surface area contributed by atoms with E-state index in [2.05, 4.69) is 21.5 Å². The highest BCUT2D eigenvalue weighted by molar-refractivity contribution is 5.89. The zero-order valence-electron chi connectivity index (χ0n) is 16.5. The summed E-state index contributed by atoms with van der Waals surface area (Å²) >= 11 is 0. The molecule has 1 aliphatic rings. The third-order valence-corrected chi connectivity index (χ3v) is 5.19. The van der Waals surface area contributed by atoms with Crippen molar-refractivity contribution in [1.82, 2.24) is 15.0 Å². The number of carbonyl (C=O) groups excluding carboxylic acids is 1. The summed E-state index contributed by atoms with van der Waals surface area (Å²) < 4.78 is 10.7. The summed E-state index contributed by atoms with van der Waals surface area (Å²) in [6.45, 7) is 1.21. The van der Waals surface area contributed by atoms with E-state index in [4.69, 9.17) is 14.5 Å². The Morgan fingerprint density at radius 2 is 1.87 bits per heavy atom. The van der Waals surface area contributed by atoms with Crippen LogP contribution in [0.5, 0.6) is 5.75 Å². The van der Waals surface area contributed by atoms with Gasteiger partial charge < -0.3 is 19.5 Å². The van der Waals surface area contributed by atoms with Crippen molar-refractivity contribution in [3.8, 4) is 23.2 Å². The number of nitriles is 1. The van der Waals surface area contributed by atoms with Gasteiger partial charge in [-0.15, -0.1) is 0 Å². The highest BCUT2D eigenvalue weighted by atomic mass is 16.5. The number of piperidine rings is 1. The van der Waals surface area contributed by atoms with E-state index >= 15 is 0 Å². The molecule has 8 heteroatoms. The summed E-state index contributed by atoms with van der Waals surface area (Å²) in [6, 6.07) is 16.2. The lowest BCUT2D eigenvalue weighted by atomic mass is 9.97. The topological polar surface area (TPSA) is 104 Å². The Labute approximate surface area is 174 Å². The molecule has 1 N–H and O–H groups in total. The Morgan fingerprint density at radius 3 is 2.50 bits per heavy atom. The van der Waals surface area contributed by atoms with Crippen molar-refractivity contribution in [2.24, 2.45) is 0 Å². The van der Waals surface area contributed by atoms with E-state index in [1.807, 2.05) is 24.3 Å². The van der Waals surface area contributed by atoms with Gasteiger partial charge in [0.1, 0.15) is 5.75 Å². The van der Waals surface area contributed by atoms with Crippen LogP contribution in [0.1, 0.15) is 30.2 Å². The fraction of sp³-hybridized carbons (Fsp3) is 0.273. The fourth-order valence-corrected chi connectivity index (χ4v) is 3.42. The third-order valence-electron chi connectivity index (χ3n) is 5.19. The number of likely N-dealkylation sites (tertiary alicyclic amines) is 1. The van der Waals surface area contributed by atoms with Crippen molar-refractivity contribution in [2.75, 3.05) is 25.5 Å². The number of ether oxygens (including phenoxy) is 1. The van der Waals surface area contributed by atoms with Gasteiger partial charge in [-0.2, -0.15) is 10.2 Å². The van der Waals surface area contributed by atoms with E-state index in [1.54, 1.807) is 36.3 Å². The number of carbonyl (C=O) groups is 1. The van der Waals surface area contributed by atoms with Crippen molar-refractivity contribution in [1.29, 1.82) is 5.26 Å². The van der Waals surface area contributed by atoms with Crippen LogP contribution in [0.15, 0.2) is 53.1 Å². The molecule has 1 fully saturated rings. The molecule has 1 aromatic heterocycles. The smallest absolute Gasteiger partial charge is 0.321 e. The average Bonchev–Trinajstić information content (AvgIpc) is 3.30. The molecule has 4 rings (SSSR count). The summed E-state index contributed by atoms with van der Waals surface area (Å²) in [7, 11) is 1.62. The van der Waals surface area contributed by atoms with Gasteiger partial charge in [0.15, 0.2) is 0 Å². The first-order chi connectivity index (χ1) is 14.7. The van der Waals surface area contributed by atoms with Gasteiger partial charge in [-0.05, 0) is 61.4 Å². The first-order valence-electron chi connectivity index (χ1n) is 9.70. The van der Waals surface area contributed by atoms with Crippen molar-refractivity contribution >= 4 is 11.7 Å². The maximum Gasteiger partial charge on any atom is 0.321 e. The maximum atomic E-state index is 12.5. The second kappa shape index (κ2) is 8.66. The number of nitrogens with one attached hydrogen (secondary N) is 1. The average molecular weight is 403 g/mol. The molecule has 0 atom stereocenters. The van der Waals surface area contributed by atoms with Crippen molar-refractivity contribution in [3.63, 3.8) is 0 Å². The summed E-state index contributed by atoms with van der Waals surface area (Å²) in [6.07, 6.45) is 1.51. The molecular formula is C22H21N5O3. The van der Waals surface area contributed by atoms with Crippen molar-refractivity contribution < 1.29 is 14.1 Å². The molecule has 2 aromatic carbocycles. The lowest BCUT2D eigenvalue weighted by Crippen LogP contribution is -2.40. The molecule has 3 aromatic rings. The molecule has 0 saturated carbocycles. The number of nitrogens with zero attached hydrogens (tertiary/aromatic N) is 4. The van der Waals surface area contributed by atoms with E-state index < -0.39 is 0 Å². The Bertz CT molecular complexity index is 1050. The minimum Gasteiger partial charge on any atom is -0.497 e. The third kappa shape index (κ3) is 4.25. The normalized spacial score (nSPS) is 14.2. The van der Waals surface area contributed by atoms with Gasteiger partial charge in [0.05, 0.1) is 18.7 Å². The van der Waals surface area contributed by atoms with E-state index in [0.29, 0.717) is 36.1 Å². The predicted molar refractivity (Wildman–Crippen MR) is 110 cm³/mol. The van der Waals surface area contributed by atoms with Crippen LogP contribution in [-0.4, -0.2) is 41.3 Å². The first kappa shape index (κ1) is 19.5. The van der Waals surface area contributed by atoms with Crippen LogP contribution in [0.4, 0.5) is 10.5 Å². The Hall–Kier alpha value is -3.86. The highest BCUT2D eigenvalue weighted by Gasteiger charge is 2.27. The molecule has 30 heavy (non-hydrogen) atoms. The molecule has 0 unspecified atom stereocenters. The molecule has 1 saturated heterocycles. The summed E-state index contributed by atoms with van der Waals surface area (Å²) in [5.74, 6) is 2.05. The standard InChI is InChI=1S/C22H21N5O3/c1-29-19-8-4-16(5-9-19)20-25-21(30-26-20)17-10-12-27(13-11-17)22(28)24-18-6-2-15(14-23)3-7-18/h2-9,17H,10-13H2,1H3,(H,24,28). The molecule has 0 bridgehead atoms. The Kier molecular flexibility index (Phi) is 5.61. The summed E-state index contributed by atoms with van der Waals surface area (Å²) in [5, 5.41) is 15.8. The van der Waals surface area contributed by atoms with Crippen LogP contribution in [0.3, 0.4) is 0 Å². The molecule has 152 valence electrons. The molecule has 1 aliphatic heterocycles. The van der Waals surface area contributed by atoms with Crippen LogP contribution in [0, 0.1) is 11.3 Å². The second-order valence-corrected chi connectivity index (χ2v) is 7.07. The lowest BCUT2D eigenvalue weighted by Gasteiger charge is -2.30. The monoisotopic (exact) mass is 403 g/mol. The number of methoxy groups -OCH3 is 1. The number of rotatable bonds is 4. The zero-order valence-corrected chi connectivity index (χ0v) is 16.5. The van der Waals surface area contributed by atoms with Crippen molar-refractivity contribution in [3.05, 3.63) is 60.0 Å². The SMILES string of the molecule is COc1ccc(-c2noc(C3CCN(C(=O)Nc4ccc(C#N)cc4)CC3)n2)cc1. The summed E-state index contributed by atoms with van der Waals surface area (Å²) in [4.78, 5) is 18.8. The van der Waals surface area contributed by atoms with Gasteiger partial charge in [-0.25, -0.2) is 4.79 Å². The molecule has 8 nitrogen and oxygen atoms in total. The van der Waals surface area contributed by atoms with Crippen LogP contribution >= 0.6 is 0 Å². The van der Waals surface area contributed by atoms with Gasteiger partial charge >= 0.3 is 6.03 Å². The number of anilines is 1. The molecular weight excluding hydrogens is 382 g/mol. The first-order valence-corrected chi connectivity index (χ1v) is 9.70. The van der Waals surface area contributed by atoms with Crippen molar-refractivity contribution in [2.45, 2.75) is 18.8 Å². The second-order valence-electron chi connectivity index (χ2n) is 7.07. The predicted octanol–water partition coefficient (Wildman–Crippen LogP) is 4.03. The number of hydrogen-bond donors (Lipinski definition) is 1. The van der Waals surface area contributed by atoms with Crippen LogP contribution in [-0.2, 0) is 0 Å². The molecule has 0 aliphatic carbocycles. The minimum atomic E-state index is -0.150. The number of urea groups is 1. The molecule has 2 amide bonds. The van der Waals surface area contributed by atoms with Crippen LogP contribution < -0.4 is 10.1 Å². The zero-order chi connectivity index (χ0) is 20.9.